The van der Waals surface area contributed by atoms with Gasteiger partial charge in [-0.05, 0) is 18.4 Å². The van der Waals surface area contributed by atoms with Crippen molar-refractivity contribution in [1.29, 1.82) is 0 Å². The molecule has 1 aromatic heterocycles. The van der Waals surface area contributed by atoms with Gasteiger partial charge in [0.25, 0.3) is 5.91 Å². The zero-order valence-electron chi connectivity index (χ0n) is 12.7. The third-order valence-electron chi connectivity index (χ3n) is 3.55. The molecule has 3 rings (SSSR count). The highest BCUT2D eigenvalue weighted by molar-refractivity contribution is 7.11. The van der Waals surface area contributed by atoms with Gasteiger partial charge in [0.15, 0.2) is 0 Å². The normalized spacial score (nSPS) is 10.7. The summed E-state index contributed by atoms with van der Waals surface area (Å²) in [6, 6.07) is 14.2. The molecule has 5 nitrogen and oxygen atoms in total. The van der Waals surface area contributed by atoms with Gasteiger partial charge in [0.05, 0.1) is 0 Å². The Morgan fingerprint density at radius 1 is 1.13 bits per heavy atom. The molecular weight excluding hydrogens is 310 g/mol. The molecule has 1 amide bonds. The molecule has 0 radical (unpaired) electrons. The average molecular weight is 327 g/mol. The van der Waals surface area contributed by atoms with Gasteiger partial charge in [-0.1, -0.05) is 47.7 Å². The Kier molecular flexibility index (Phi) is 4.43. The minimum Gasteiger partial charge on any atom is -0.383 e. The fraction of sp³-hybridized carbons (Fsp3) is 0.176. The number of H-pyrrole nitrogens is 1. The maximum atomic E-state index is 12.0. The summed E-state index contributed by atoms with van der Waals surface area (Å²) in [5.41, 5.74) is 1.65. The van der Waals surface area contributed by atoms with Crippen LogP contribution in [0.2, 0.25) is 0 Å². The number of carbonyl (C=O) groups excluding carboxylic acids is 1. The van der Waals surface area contributed by atoms with E-state index in [4.69, 9.17) is 0 Å². The monoisotopic (exact) mass is 327 g/mol. The van der Waals surface area contributed by atoms with Crippen molar-refractivity contribution in [3.8, 4) is 0 Å². The summed E-state index contributed by atoms with van der Waals surface area (Å²) in [4.78, 5) is 26.1. The second-order valence-electron chi connectivity index (χ2n) is 5.18. The van der Waals surface area contributed by atoms with E-state index in [0.717, 1.165) is 22.4 Å². The van der Waals surface area contributed by atoms with Gasteiger partial charge in [0.2, 0.25) is 0 Å². The lowest BCUT2D eigenvalue weighted by molar-refractivity contribution is 0.0958. The molecule has 0 bridgehead atoms. The highest BCUT2D eigenvalue weighted by atomic mass is 32.1. The van der Waals surface area contributed by atoms with Crippen LogP contribution in [-0.4, -0.2) is 24.0 Å². The first-order valence-corrected chi connectivity index (χ1v) is 8.16. The topological polar surface area (TPSA) is 74.0 Å². The largest absolute Gasteiger partial charge is 0.383 e. The molecule has 0 saturated heterocycles. The molecular formula is C17H17N3O2S. The van der Waals surface area contributed by atoms with Gasteiger partial charge in [-0.15, -0.1) is 0 Å². The van der Waals surface area contributed by atoms with Gasteiger partial charge in [-0.2, -0.15) is 0 Å². The number of amides is 1. The van der Waals surface area contributed by atoms with E-state index in [1.807, 2.05) is 24.3 Å². The van der Waals surface area contributed by atoms with Crippen LogP contribution in [0.1, 0.15) is 15.4 Å². The highest BCUT2D eigenvalue weighted by Crippen LogP contribution is 2.22. The lowest BCUT2D eigenvalue weighted by atomic mass is 10.1. The molecule has 0 unspecified atom stereocenters. The predicted octanol–water partition coefficient (Wildman–Crippen LogP) is 2.74. The van der Waals surface area contributed by atoms with Crippen LogP contribution in [0.4, 0.5) is 5.69 Å². The van der Waals surface area contributed by atoms with E-state index in [2.05, 4.69) is 33.8 Å². The number of aromatic nitrogens is 1. The Morgan fingerprint density at radius 3 is 2.70 bits per heavy atom. The van der Waals surface area contributed by atoms with Crippen LogP contribution >= 0.6 is 11.3 Å². The summed E-state index contributed by atoms with van der Waals surface area (Å²) in [6.45, 7) is 2.81. The number of aromatic amines is 1. The Hall–Kier alpha value is -2.60. The molecule has 0 aliphatic rings. The first-order valence-electron chi connectivity index (χ1n) is 7.34. The van der Waals surface area contributed by atoms with Gasteiger partial charge < -0.3 is 15.6 Å². The summed E-state index contributed by atoms with van der Waals surface area (Å²) in [7, 11) is 0. The minimum absolute atomic E-state index is 0.207. The number of thiazole rings is 1. The maximum absolute atomic E-state index is 12.0. The lowest BCUT2D eigenvalue weighted by Crippen LogP contribution is -2.28. The van der Waals surface area contributed by atoms with E-state index in [-0.39, 0.29) is 10.8 Å². The molecule has 0 saturated carbocycles. The molecule has 0 spiro atoms. The molecule has 23 heavy (non-hydrogen) atoms. The third-order valence-corrected chi connectivity index (χ3v) is 4.53. The van der Waals surface area contributed by atoms with Crippen LogP contribution < -0.4 is 15.5 Å². The molecule has 3 N–H and O–H groups in total. The summed E-state index contributed by atoms with van der Waals surface area (Å²) < 4.78 is 0. The van der Waals surface area contributed by atoms with Crippen LogP contribution in [0.25, 0.3) is 10.8 Å². The Morgan fingerprint density at radius 2 is 1.91 bits per heavy atom. The fourth-order valence-electron chi connectivity index (χ4n) is 2.45. The number of benzene rings is 2. The maximum Gasteiger partial charge on any atom is 0.305 e. The minimum atomic E-state index is -0.217. The molecule has 0 fully saturated rings. The van der Waals surface area contributed by atoms with Gasteiger partial charge in [-0.3, -0.25) is 9.59 Å². The van der Waals surface area contributed by atoms with Crippen LogP contribution in [0.15, 0.2) is 47.3 Å². The first-order chi connectivity index (χ1) is 11.1. The van der Waals surface area contributed by atoms with Crippen molar-refractivity contribution in [1.82, 2.24) is 10.3 Å². The van der Waals surface area contributed by atoms with E-state index in [9.17, 15) is 9.59 Å². The average Bonchev–Trinajstić information content (AvgIpc) is 2.90. The van der Waals surface area contributed by atoms with Gasteiger partial charge in [-0.25, -0.2) is 0 Å². The molecule has 0 aliphatic heterocycles. The number of hydrogen-bond donors (Lipinski definition) is 3. The van der Waals surface area contributed by atoms with Crippen molar-refractivity contribution in [2.24, 2.45) is 0 Å². The standard InChI is InChI=1S/C17H17N3O2S/c1-11-15(23-17(22)20-11)16(21)19-10-9-18-14-8-4-6-12-5-2-3-7-13(12)14/h2-8,18H,9-10H2,1H3,(H,19,21)(H,20,22). The lowest BCUT2D eigenvalue weighted by Gasteiger charge is -2.10. The van der Waals surface area contributed by atoms with Crippen molar-refractivity contribution in [2.75, 3.05) is 18.4 Å². The van der Waals surface area contributed by atoms with Gasteiger partial charge in [0, 0.05) is 29.9 Å². The number of hydrogen-bond acceptors (Lipinski definition) is 4. The number of anilines is 1. The third kappa shape index (κ3) is 3.43. The highest BCUT2D eigenvalue weighted by Gasteiger charge is 2.12. The molecule has 118 valence electrons. The quantitative estimate of drug-likeness (QED) is 0.631. The Bertz CT molecular complexity index is 893. The smallest absolute Gasteiger partial charge is 0.305 e. The summed E-state index contributed by atoms with van der Waals surface area (Å²) in [5, 5.41) is 8.48. The number of fused-ring (bicyclic) bond motifs is 1. The van der Waals surface area contributed by atoms with Crippen molar-refractivity contribution >= 4 is 33.7 Å². The van der Waals surface area contributed by atoms with Gasteiger partial charge in [0.1, 0.15) is 4.88 Å². The van der Waals surface area contributed by atoms with E-state index >= 15 is 0 Å². The Balaban J connectivity index is 1.58. The van der Waals surface area contributed by atoms with Gasteiger partial charge >= 0.3 is 4.87 Å². The molecule has 2 aromatic carbocycles. The zero-order chi connectivity index (χ0) is 16.2. The molecule has 6 heteroatoms. The molecule has 1 heterocycles. The molecule has 0 atom stereocenters. The van der Waals surface area contributed by atoms with Crippen LogP contribution in [0.5, 0.6) is 0 Å². The first kappa shape index (κ1) is 15.3. The second kappa shape index (κ2) is 6.66. The SMILES string of the molecule is Cc1[nH]c(=O)sc1C(=O)NCCNc1cccc2ccccc12. The van der Waals surface area contributed by atoms with Crippen LogP contribution in [0, 0.1) is 6.92 Å². The van der Waals surface area contributed by atoms with Crippen LogP contribution in [-0.2, 0) is 0 Å². The number of rotatable bonds is 5. The number of aryl methyl sites for hydroxylation is 1. The second-order valence-corrected chi connectivity index (χ2v) is 6.16. The summed E-state index contributed by atoms with van der Waals surface area (Å²) >= 11 is 0.935. The summed E-state index contributed by atoms with van der Waals surface area (Å²) in [5.74, 6) is -0.217. The van der Waals surface area contributed by atoms with Crippen molar-refractivity contribution < 1.29 is 4.79 Å². The van der Waals surface area contributed by atoms with Crippen molar-refractivity contribution in [2.45, 2.75) is 6.92 Å². The number of nitrogens with one attached hydrogen (secondary N) is 3. The van der Waals surface area contributed by atoms with E-state index in [1.54, 1.807) is 6.92 Å². The molecule has 3 aromatic rings. The van der Waals surface area contributed by atoms with E-state index in [0.29, 0.717) is 23.7 Å². The predicted molar refractivity (Wildman–Crippen MR) is 94.4 cm³/mol. The van der Waals surface area contributed by atoms with Crippen molar-refractivity contribution in [3.05, 3.63) is 62.7 Å². The van der Waals surface area contributed by atoms with Crippen LogP contribution in [0.3, 0.4) is 0 Å². The van der Waals surface area contributed by atoms with Crippen molar-refractivity contribution in [3.63, 3.8) is 0 Å². The Labute approximate surface area is 137 Å². The molecule has 0 aliphatic carbocycles. The van der Waals surface area contributed by atoms with E-state index < -0.39 is 0 Å². The zero-order valence-corrected chi connectivity index (χ0v) is 13.5. The van der Waals surface area contributed by atoms with E-state index in [1.165, 1.54) is 5.39 Å². The summed E-state index contributed by atoms with van der Waals surface area (Å²) in [6.07, 6.45) is 0. The fourth-order valence-corrected chi connectivity index (χ4v) is 3.21. The number of carbonyl (C=O) groups is 1.